The lowest BCUT2D eigenvalue weighted by Crippen LogP contribution is -2.13. The van der Waals surface area contributed by atoms with Crippen molar-refractivity contribution in [3.63, 3.8) is 0 Å². The number of nitrogens with two attached hydrogens (primary N) is 1. The van der Waals surface area contributed by atoms with Gasteiger partial charge in [0.15, 0.2) is 0 Å². The highest BCUT2D eigenvalue weighted by Gasteiger charge is 2.10. The molecule has 0 unspecified atom stereocenters. The van der Waals surface area contributed by atoms with Crippen LogP contribution < -0.4 is 11.1 Å². The van der Waals surface area contributed by atoms with E-state index in [4.69, 9.17) is 10.5 Å². The minimum Gasteiger partial charge on any atom is -0.462 e. The molecule has 2 aromatic carbocycles. The van der Waals surface area contributed by atoms with E-state index in [2.05, 4.69) is 5.32 Å². The number of hydrogen-bond donors (Lipinski definition) is 2. The molecule has 1 amide bonds. The van der Waals surface area contributed by atoms with Crippen molar-refractivity contribution >= 4 is 23.3 Å². The molecule has 114 valence electrons. The third-order valence-corrected chi connectivity index (χ3v) is 3.20. The minimum absolute atomic E-state index is 0.265. The quantitative estimate of drug-likeness (QED) is 0.671. The molecular weight excluding hydrogens is 280 g/mol. The molecule has 2 aromatic rings. The molecule has 22 heavy (non-hydrogen) atoms. The zero-order valence-electron chi connectivity index (χ0n) is 12.6. The molecule has 0 saturated heterocycles. The Morgan fingerprint density at radius 2 is 1.73 bits per heavy atom. The highest BCUT2D eigenvalue weighted by molar-refractivity contribution is 6.05. The Bertz CT molecular complexity index is 694. The smallest absolute Gasteiger partial charge is 0.338 e. The van der Waals surface area contributed by atoms with Crippen LogP contribution in [0.25, 0.3) is 0 Å². The number of rotatable bonds is 4. The van der Waals surface area contributed by atoms with Gasteiger partial charge in [0, 0.05) is 16.9 Å². The maximum Gasteiger partial charge on any atom is 0.338 e. The largest absolute Gasteiger partial charge is 0.462 e. The van der Waals surface area contributed by atoms with Crippen LogP contribution in [0.3, 0.4) is 0 Å². The number of carbonyl (C=O) groups is 2. The molecule has 0 spiro atoms. The molecule has 0 atom stereocenters. The second-order valence-corrected chi connectivity index (χ2v) is 4.82. The number of nitrogen functional groups attached to an aromatic ring is 1. The van der Waals surface area contributed by atoms with E-state index in [-0.39, 0.29) is 5.91 Å². The second-order valence-electron chi connectivity index (χ2n) is 4.82. The van der Waals surface area contributed by atoms with Gasteiger partial charge in [0.25, 0.3) is 5.91 Å². The summed E-state index contributed by atoms with van der Waals surface area (Å²) in [6, 6.07) is 11.6. The zero-order valence-corrected chi connectivity index (χ0v) is 12.6. The van der Waals surface area contributed by atoms with Crippen LogP contribution in [0, 0.1) is 6.92 Å². The topological polar surface area (TPSA) is 81.4 Å². The van der Waals surface area contributed by atoms with Crippen molar-refractivity contribution in [2.75, 3.05) is 17.7 Å². The third-order valence-electron chi connectivity index (χ3n) is 3.20. The summed E-state index contributed by atoms with van der Waals surface area (Å²) in [6.45, 7) is 3.96. The highest BCUT2D eigenvalue weighted by atomic mass is 16.5. The van der Waals surface area contributed by atoms with E-state index in [0.717, 1.165) is 5.56 Å². The normalized spacial score (nSPS) is 10.1. The molecule has 3 N–H and O–H groups in total. The van der Waals surface area contributed by atoms with Gasteiger partial charge in [-0.05, 0) is 55.8 Å². The monoisotopic (exact) mass is 298 g/mol. The summed E-state index contributed by atoms with van der Waals surface area (Å²) in [5.74, 6) is -0.667. The van der Waals surface area contributed by atoms with Gasteiger partial charge in [0.05, 0.1) is 12.2 Å². The number of nitrogens with one attached hydrogen (secondary N) is 1. The second kappa shape index (κ2) is 6.76. The molecule has 0 aromatic heterocycles. The first-order chi connectivity index (χ1) is 10.5. The van der Waals surface area contributed by atoms with E-state index in [0.29, 0.717) is 29.1 Å². The number of hydrogen-bond acceptors (Lipinski definition) is 4. The molecule has 0 radical (unpaired) electrons. The summed E-state index contributed by atoms with van der Waals surface area (Å²) in [5, 5.41) is 2.76. The molecule has 5 nitrogen and oxygen atoms in total. The van der Waals surface area contributed by atoms with Gasteiger partial charge in [-0.2, -0.15) is 0 Å². The van der Waals surface area contributed by atoms with Crippen molar-refractivity contribution in [2.45, 2.75) is 13.8 Å². The van der Waals surface area contributed by atoms with Gasteiger partial charge in [-0.25, -0.2) is 4.79 Å². The van der Waals surface area contributed by atoms with Gasteiger partial charge >= 0.3 is 5.97 Å². The maximum absolute atomic E-state index is 12.1. The first-order valence-electron chi connectivity index (χ1n) is 6.96. The lowest BCUT2D eigenvalue weighted by Gasteiger charge is -2.08. The minimum atomic E-state index is -0.402. The number of carbonyl (C=O) groups excluding carboxylic acids is 2. The number of benzene rings is 2. The van der Waals surface area contributed by atoms with Gasteiger partial charge < -0.3 is 15.8 Å². The van der Waals surface area contributed by atoms with Crippen LogP contribution in [0.15, 0.2) is 42.5 Å². The van der Waals surface area contributed by atoms with Crippen molar-refractivity contribution in [3.05, 3.63) is 59.2 Å². The molecule has 0 heterocycles. The molecule has 5 heteroatoms. The fourth-order valence-electron chi connectivity index (χ4n) is 1.89. The summed E-state index contributed by atoms with van der Waals surface area (Å²) in [5.41, 5.74) is 8.88. The van der Waals surface area contributed by atoms with Crippen molar-refractivity contribution in [3.8, 4) is 0 Å². The Hall–Kier alpha value is -2.82. The van der Waals surface area contributed by atoms with Crippen LogP contribution in [-0.4, -0.2) is 18.5 Å². The zero-order chi connectivity index (χ0) is 16.1. The van der Waals surface area contributed by atoms with Crippen LogP contribution in [0.1, 0.15) is 33.2 Å². The van der Waals surface area contributed by atoms with Gasteiger partial charge in [-0.15, -0.1) is 0 Å². The number of ether oxygens (including phenoxy) is 1. The predicted molar refractivity (Wildman–Crippen MR) is 85.9 cm³/mol. The summed E-state index contributed by atoms with van der Waals surface area (Å²) in [4.78, 5) is 23.7. The van der Waals surface area contributed by atoms with Gasteiger partial charge in [0.2, 0.25) is 0 Å². The first kappa shape index (κ1) is 15.6. The Morgan fingerprint density at radius 1 is 1.09 bits per heavy atom. The average Bonchev–Trinajstić information content (AvgIpc) is 2.51. The van der Waals surface area contributed by atoms with E-state index in [9.17, 15) is 9.59 Å². The third kappa shape index (κ3) is 3.63. The molecular formula is C17H18N2O3. The van der Waals surface area contributed by atoms with Crippen LogP contribution in [0.5, 0.6) is 0 Å². The van der Waals surface area contributed by atoms with E-state index in [1.165, 1.54) is 0 Å². The van der Waals surface area contributed by atoms with E-state index >= 15 is 0 Å². The molecule has 0 saturated carbocycles. The molecule has 0 aliphatic rings. The SMILES string of the molecule is CCOC(=O)c1ccc(C(=O)Nc2ccc(C)c(N)c2)cc1. The van der Waals surface area contributed by atoms with Gasteiger partial charge in [-0.3, -0.25) is 4.79 Å². The standard InChI is InChI=1S/C17H18N2O3/c1-3-22-17(21)13-7-5-12(6-8-13)16(20)19-14-9-4-11(2)15(18)10-14/h4-10H,3,18H2,1-2H3,(H,19,20). The van der Waals surface area contributed by atoms with Crippen molar-refractivity contribution in [2.24, 2.45) is 0 Å². The summed E-state index contributed by atoms with van der Waals surface area (Å²) >= 11 is 0. The van der Waals surface area contributed by atoms with Crippen LogP contribution >= 0.6 is 0 Å². The Kier molecular flexibility index (Phi) is 4.78. The van der Waals surface area contributed by atoms with Crippen molar-refractivity contribution < 1.29 is 14.3 Å². The summed E-state index contributed by atoms with van der Waals surface area (Å²) in [7, 11) is 0. The number of anilines is 2. The highest BCUT2D eigenvalue weighted by Crippen LogP contribution is 2.18. The first-order valence-corrected chi connectivity index (χ1v) is 6.96. The number of amides is 1. The molecule has 0 aliphatic carbocycles. The van der Waals surface area contributed by atoms with Crippen LogP contribution in [-0.2, 0) is 4.74 Å². The lowest BCUT2D eigenvalue weighted by molar-refractivity contribution is 0.0526. The number of esters is 1. The van der Waals surface area contributed by atoms with Crippen LogP contribution in [0.2, 0.25) is 0 Å². The summed E-state index contributed by atoms with van der Waals surface area (Å²) < 4.78 is 4.89. The Balaban J connectivity index is 2.09. The molecule has 0 aliphatic heterocycles. The van der Waals surface area contributed by atoms with E-state index < -0.39 is 5.97 Å². The predicted octanol–water partition coefficient (Wildman–Crippen LogP) is 3.01. The molecule has 0 bridgehead atoms. The van der Waals surface area contributed by atoms with Crippen molar-refractivity contribution in [1.82, 2.24) is 0 Å². The van der Waals surface area contributed by atoms with E-state index in [1.54, 1.807) is 43.3 Å². The van der Waals surface area contributed by atoms with Gasteiger partial charge in [-0.1, -0.05) is 6.07 Å². The van der Waals surface area contributed by atoms with Gasteiger partial charge in [0.1, 0.15) is 0 Å². The average molecular weight is 298 g/mol. The van der Waals surface area contributed by atoms with Crippen molar-refractivity contribution in [1.29, 1.82) is 0 Å². The molecule has 2 rings (SSSR count). The lowest BCUT2D eigenvalue weighted by atomic mass is 10.1. The van der Waals surface area contributed by atoms with E-state index in [1.807, 2.05) is 13.0 Å². The maximum atomic E-state index is 12.1. The fraction of sp³-hybridized carbons (Fsp3) is 0.176. The van der Waals surface area contributed by atoms with Crippen LogP contribution in [0.4, 0.5) is 11.4 Å². The number of aryl methyl sites for hydroxylation is 1. The Labute approximate surface area is 129 Å². The molecule has 0 fully saturated rings. The summed E-state index contributed by atoms with van der Waals surface area (Å²) in [6.07, 6.45) is 0. The Morgan fingerprint density at radius 3 is 2.32 bits per heavy atom. The fourth-order valence-corrected chi connectivity index (χ4v) is 1.89.